The highest BCUT2D eigenvalue weighted by molar-refractivity contribution is 5.29. The molecule has 0 heterocycles. The zero-order valence-corrected chi connectivity index (χ0v) is 10.4. The Kier molecular flexibility index (Phi) is 4.20. The Morgan fingerprint density at radius 1 is 1.12 bits per heavy atom. The Morgan fingerprint density at radius 3 is 2.24 bits per heavy atom. The first-order valence-electron chi connectivity index (χ1n) is 5.60. The van der Waals surface area contributed by atoms with Crippen molar-refractivity contribution in [1.82, 2.24) is 5.32 Å². The van der Waals surface area contributed by atoms with Crippen LogP contribution in [0.5, 0.6) is 0 Å². The van der Waals surface area contributed by atoms with Gasteiger partial charge in [-0.3, -0.25) is 0 Å². The van der Waals surface area contributed by atoms with Crippen molar-refractivity contribution in [2.75, 3.05) is 7.05 Å². The Hall–Kier alpha value is -1.03. The summed E-state index contributed by atoms with van der Waals surface area (Å²) < 4.78 is 38.2. The molecule has 0 fully saturated rings. The topological polar surface area (TPSA) is 12.0 Å². The van der Waals surface area contributed by atoms with E-state index in [1.54, 1.807) is 12.1 Å². The molecule has 1 aromatic carbocycles. The molecule has 0 saturated heterocycles. The first-order valence-corrected chi connectivity index (χ1v) is 5.60. The van der Waals surface area contributed by atoms with Gasteiger partial charge in [0.1, 0.15) is 0 Å². The number of hydrogen-bond acceptors (Lipinski definition) is 1. The van der Waals surface area contributed by atoms with E-state index in [4.69, 9.17) is 0 Å². The molecule has 0 aromatic heterocycles. The van der Waals surface area contributed by atoms with Crippen LogP contribution in [0.15, 0.2) is 24.3 Å². The molecule has 1 N–H and O–H groups in total. The number of aryl methyl sites for hydroxylation is 1. The number of benzene rings is 1. The molecule has 0 spiro atoms. The molecular weight excluding hydrogens is 227 g/mol. The largest absolute Gasteiger partial charge is 0.416 e. The van der Waals surface area contributed by atoms with Gasteiger partial charge in [0.2, 0.25) is 0 Å². The van der Waals surface area contributed by atoms with Crippen molar-refractivity contribution in [2.45, 2.75) is 38.4 Å². The first kappa shape index (κ1) is 14.0. The SMILES string of the molecule is CNC(C)(C)CCc1ccccc1C(F)(F)F. The molecule has 0 amide bonds. The van der Waals surface area contributed by atoms with E-state index in [9.17, 15) is 13.2 Å². The minimum absolute atomic E-state index is 0.154. The van der Waals surface area contributed by atoms with Crippen LogP contribution in [0.2, 0.25) is 0 Å². The Morgan fingerprint density at radius 2 is 1.71 bits per heavy atom. The summed E-state index contributed by atoms with van der Waals surface area (Å²) >= 11 is 0. The predicted octanol–water partition coefficient (Wildman–Crippen LogP) is 3.64. The van der Waals surface area contributed by atoms with Crippen LogP contribution in [0.1, 0.15) is 31.4 Å². The number of hydrogen-bond donors (Lipinski definition) is 1. The quantitative estimate of drug-likeness (QED) is 0.854. The summed E-state index contributed by atoms with van der Waals surface area (Å²) in [7, 11) is 1.82. The van der Waals surface area contributed by atoms with Gasteiger partial charge in [0.25, 0.3) is 0 Å². The summed E-state index contributed by atoms with van der Waals surface area (Å²) in [6.07, 6.45) is -3.18. The summed E-state index contributed by atoms with van der Waals surface area (Å²) in [5, 5.41) is 3.09. The van der Waals surface area contributed by atoms with Crippen LogP contribution >= 0.6 is 0 Å². The molecule has 0 aliphatic heterocycles. The molecule has 17 heavy (non-hydrogen) atoms. The van der Waals surface area contributed by atoms with Crippen LogP contribution in [0.3, 0.4) is 0 Å². The molecule has 4 heteroatoms. The predicted molar refractivity (Wildman–Crippen MR) is 62.9 cm³/mol. The lowest BCUT2D eigenvalue weighted by molar-refractivity contribution is -0.138. The van der Waals surface area contributed by atoms with E-state index in [1.807, 2.05) is 20.9 Å². The maximum Gasteiger partial charge on any atom is 0.416 e. The zero-order valence-electron chi connectivity index (χ0n) is 10.4. The molecule has 1 aromatic rings. The second kappa shape index (κ2) is 5.08. The van der Waals surface area contributed by atoms with Crippen LogP contribution in [0, 0.1) is 0 Å². The fourth-order valence-corrected chi connectivity index (χ4v) is 1.59. The van der Waals surface area contributed by atoms with E-state index in [-0.39, 0.29) is 5.54 Å². The monoisotopic (exact) mass is 245 g/mol. The normalized spacial score (nSPS) is 12.8. The van der Waals surface area contributed by atoms with Crippen LogP contribution in [-0.4, -0.2) is 12.6 Å². The first-order chi connectivity index (χ1) is 7.76. The van der Waals surface area contributed by atoms with Crippen LogP contribution < -0.4 is 5.32 Å². The van der Waals surface area contributed by atoms with Gasteiger partial charge in [0, 0.05) is 5.54 Å². The molecule has 0 unspecified atom stereocenters. The summed E-state index contributed by atoms with van der Waals surface area (Å²) in [5.41, 5.74) is -0.311. The number of halogens is 3. The molecule has 0 aliphatic rings. The average Bonchev–Trinajstić information content (AvgIpc) is 2.26. The van der Waals surface area contributed by atoms with Crippen molar-refractivity contribution in [1.29, 1.82) is 0 Å². The molecule has 0 aliphatic carbocycles. The molecule has 0 atom stereocenters. The molecule has 1 nitrogen and oxygen atoms in total. The lowest BCUT2D eigenvalue weighted by Gasteiger charge is -2.24. The number of alkyl halides is 3. The molecule has 0 bridgehead atoms. The Labute approximate surface area is 100 Å². The molecule has 0 saturated carbocycles. The lowest BCUT2D eigenvalue weighted by Crippen LogP contribution is -2.36. The van der Waals surface area contributed by atoms with Crippen molar-refractivity contribution in [2.24, 2.45) is 0 Å². The van der Waals surface area contributed by atoms with Gasteiger partial charge in [-0.25, -0.2) is 0 Å². The van der Waals surface area contributed by atoms with Gasteiger partial charge in [0.15, 0.2) is 0 Å². The van der Waals surface area contributed by atoms with Gasteiger partial charge in [-0.05, 0) is 45.4 Å². The Balaban J connectivity index is 2.85. The second-order valence-electron chi connectivity index (χ2n) is 4.79. The lowest BCUT2D eigenvalue weighted by atomic mass is 9.93. The van der Waals surface area contributed by atoms with Crippen molar-refractivity contribution in [3.05, 3.63) is 35.4 Å². The minimum Gasteiger partial charge on any atom is -0.315 e. The van der Waals surface area contributed by atoms with Gasteiger partial charge >= 0.3 is 6.18 Å². The van der Waals surface area contributed by atoms with Gasteiger partial charge < -0.3 is 5.32 Å². The maximum absolute atomic E-state index is 12.7. The van der Waals surface area contributed by atoms with Crippen LogP contribution in [-0.2, 0) is 12.6 Å². The van der Waals surface area contributed by atoms with Gasteiger partial charge in [-0.1, -0.05) is 18.2 Å². The average molecular weight is 245 g/mol. The highest BCUT2D eigenvalue weighted by Gasteiger charge is 2.33. The van der Waals surface area contributed by atoms with Crippen LogP contribution in [0.25, 0.3) is 0 Å². The van der Waals surface area contributed by atoms with Crippen molar-refractivity contribution in [3.8, 4) is 0 Å². The van der Waals surface area contributed by atoms with E-state index in [0.717, 1.165) is 6.07 Å². The highest BCUT2D eigenvalue weighted by Crippen LogP contribution is 2.32. The van der Waals surface area contributed by atoms with Gasteiger partial charge in [0.05, 0.1) is 5.56 Å². The summed E-state index contributed by atoms with van der Waals surface area (Å²) in [4.78, 5) is 0. The third-order valence-corrected chi connectivity index (χ3v) is 3.02. The third kappa shape index (κ3) is 4.04. The van der Waals surface area contributed by atoms with Crippen LogP contribution in [0.4, 0.5) is 13.2 Å². The fourth-order valence-electron chi connectivity index (χ4n) is 1.59. The number of rotatable bonds is 4. The minimum atomic E-state index is -4.26. The van der Waals surface area contributed by atoms with E-state index in [2.05, 4.69) is 5.32 Å². The van der Waals surface area contributed by atoms with E-state index >= 15 is 0 Å². The van der Waals surface area contributed by atoms with E-state index in [0.29, 0.717) is 18.4 Å². The molecule has 96 valence electrons. The highest BCUT2D eigenvalue weighted by atomic mass is 19.4. The summed E-state index contributed by atoms with van der Waals surface area (Å²) in [6, 6.07) is 5.77. The zero-order chi connectivity index (χ0) is 13.1. The third-order valence-electron chi connectivity index (χ3n) is 3.02. The maximum atomic E-state index is 12.7. The van der Waals surface area contributed by atoms with Crippen molar-refractivity contribution in [3.63, 3.8) is 0 Å². The number of nitrogens with one attached hydrogen (secondary N) is 1. The Bertz CT molecular complexity index is 369. The smallest absolute Gasteiger partial charge is 0.315 e. The summed E-state index contributed by atoms with van der Waals surface area (Å²) in [5.74, 6) is 0. The fraction of sp³-hybridized carbons (Fsp3) is 0.538. The second-order valence-corrected chi connectivity index (χ2v) is 4.79. The molecule has 0 radical (unpaired) electrons. The van der Waals surface area contributed by atoms with Gasteiger partial charge in [-0.15, -0.1) is 0 Å². The molecular formula is C13H18F3N. The summed E-state index contributed by atoms with van der Waals surface area (Å²) in [6.45, 7) is 3.95. The molecule has 1 rings (SSSR count). The van der Waals surface area contributed by atoms with Gasteiger partial charge in [-0.2, -0.15) is 13.2 Å². The standard InChI is InChI=1S/C13H18F3N/c1-12(2,17-3)9-8-10-6-4-5-7-11(10)13(14,15)16/h4-7,17H,8-9H2,1-3H3. The van der Waals surface area contributed by atoms with E-state index in [1.165, 1.54) is 6.07 Å². The van der Waals surface area contributed by atoms with Crippen molar-refractivity contribution < 1.29 is 13.2 Å². The van der Waals surface area contributed by atoms with E-state index < -0.39 is 11.7 Å². The van der Waals surface area contributed by atoms with Crippen molar-refractivity contribution >= 4 is 0 Å².